The van der Waals surface area contributed by atoms with Crippen LogP contribution >= 0.6 is 0 Å². The van der Waals surface area contributed by atoms with E-state index in [0.717, 1.165) is 12.1 Å². The second-order valence-electron chi connectivity index (χ2n) is 6.25. The van der Waals surface area contributed by atoms with Crippen molar-refractivity contribution < 1.29 is 18.3 Å². The highest BCUT2D eigenvalue weighted by molar-refractivity contribution is 5.72. The molecular weight excluding hydrogens is 371 g/mol. The number of halogens is 3. The third-order valence-corrected chi connectivity index (χ3v) is 4.49. The van der Waals surface area contributed by atoms with Gasteiger partial charge in [0, 0.05) is 35.2 Å². The highest BCUT2D eigenvalue weighted by Crippen LogP contribution is 2.25. The molecule has 5 nitrogen and oxygen atoms in total. The molecule has 0 fully saturated rings. The van der Waals surface area contributed by atoms with E-state index in [4.69, 9.17) is 0 Å². The van der Waals surface area contributed by atoms with Crippen molar-refractivity contribution in [3.63, 3.8) is 0 Å². The van der Waals surface area contributed by atoms with Crippen molar-refractivity contribution in [1.82, 2.24) is 14.2 Å². The lowest BCUT2D eigenvalue weighted by Crippen LogP contribution is -2.23. The molecule has 2 heterocycles. The van der Waals surface area contributed by atoms with E-state index in [0.29, 0.717) is 11.3 Å². The summed E-state index contributed by atoms with van der Waals surface area (Å²) < 4.78 is 42.8. The van der Waals surface area contributed by atoms with Gasteiger partial charge in [0.15, 0.2) is 0 Å². The van der Waals surface area contributed by atoms with Gasteiger partial charge in [-0.3, -0.25) is 4.79 Å². The molecule has 0 aliphatic heterocycles. The third-order valence-electron chi connectivity index (χ3n) is 4.49. The molecule has 0 atom stereocenters. The summed E-state index contributed by atoms with van der Waals surface area (Å²) >= 11 is 0. The highest BCUT2D eigenvalue weighted by atomic mass is 19.1. The number of benzene rings is 2. The Bertz CT molecular complexity index is 1230. The minimum Gasteiger partial charge on any atom is -0.392 e. The molecule has 0 saturated heterocycles. The Kier molecular flexibility index (Phi) is 4.48. The molecule has 28 heavy (non-hydrogen) atoms. The fraction of sp³-hybridized carbons (Fsp3) is 0.100. The van der Waals surface area contributed by atoms with Crippen molar-refractivity contribution in [2.24, 2.45) is 0 Å². The van der Waals surface area contributed by atoms with Crippen LogP contribution in [0.3, 0.4) is 0 Å². The van der Waals surface area contributed by atoms with Crippen molar-refractivity contribution in [1.29, 1.82) is 0 Å². The van der Waals surface area contributed by atoms with Crippen molar-refractivity contribution in [2.45, 2.75) is 13.2 Å². The predicted octanol–water partition coefficient (Wildman–Crippen LogP) is 3.12. The monoisotopic (exact) mass is 385 g/mol. The molecule has 2 aromatic heterocycles. The average molecular weight is 385 g/mol. The van der Waals surface area contributed by atoms with Gasteiger partial charge in [-0.2, -0.15) is 5.10 Å². The molecule has 1 N–H and O–H groups in total. The maximum absolute atomic E-state index is 13.9. The van der Waals surface area contributed by atoms with Gasteiger partial charge in [0.2, 0.25) is 0 Å². The molecule has 142 valence electrons. The van der Waals surface area contributed by atoms with Crippen LogP contribution in [0, 0.1) is 17.5 Å². The van der Waals surface area contributed by atoms with E-state index in [-0.39, 0.29) is 23.2 Å². The molecular formula is C20H14F3N3O2. The first-order chi connectivity index (χ1) is 13.5. The maximum atomic E-state index is 13.9. The van der Waals surface area contributed by atoms with Gasteiger partial charge in [0.05, 0.1) is 18.8 Å². The van der Waals surface area contributed by atoms with Gasteiger partial charge >= 0.3 is 0 Å². The normalized spacial score (nSPS) is 11.3. The van der Waals surface area contributed by atoms with Crippen LogP contribution in [-0.4, -0.2) is 19.3 Å². The second kappa shape index (κ2) is 6.97. The molecule has 0 amide bonds. The largest absolute Gasteiger partial charge is 0.392 e. The van der Waals surface area contributed by atoms with Gasteiger partial charge in [-0.15, -0.1) is 0 Å². The number of aliphatic hydroxyl groups excluding tert-OH is 1. The smallest absolute Gasteiger partial charge is 0.277 e. The van der Waals surface area contributed by atoms with Gasteiger partial charge in [-0.05, 0) is 30.3 Å². The topological polar surface area (TPSA) is 59.5 Å². The van der Waals surface area contributed by atoms with E-state index in [1.165, 1.54) is 51.8 Å². The Morgan fingerprint density at radius 3 is 2.36 bits per heavy atom. The Balaban J connectivity index is 1.84. The summed E-state index contributed by atoms with van der Waals surface area (Å²) in [5, 5.41) is 14.1. The Hall–Kier alpha value is -3.39. The number of rotatable bonds is 4. The van der Waals surface area contributed by atoms with E-state index >= 15 is 0 Å². The fourth-order valence-electron chi connectivity index (χ4n) is 3.10. The highest BCUT2D eigenvalue weighted by Gasteiger charge is 2.18. The third kappa shape index (κ3) is 3.07. The summed E-state index contributed by atoms with van der Waals surface area (Å²) in [7, 11) is 0. The van der Waals surface area contributed by atoms with Gasteiger partial charge in [0.1, 0.15) is 23.0 Å². The molecule has 0 spiro atoms. The molecule has 0 aliphatic carbocycles. The van der Waals surface area contributed by atoms with Crippen LogP contribution < -0.4 is 5.56 Å². The van der Waals surface area contributed by atoms with Gasteiger partial charge in [-0.25, -0.2) is 17.7 Å². The Morgan fingerprint density at radius 1 is 0.964 bits per heavy atom. The number of fused-ring (bicyclic) bond motifs is 1. The van der Waals surface area contributed by atoms with Crippen molar-refractivity contribution >= 4 is 5.52 Å². The molecule has 0 unspecified atom stereocenters. The number of aliphatic hydroxyl groups is 1. The number of hydrogen-bond donors (Lipinski definition) is 1. The maximum Gasteiger partial charge on any atom is 0.277 e. The van der Waals surface area contributed by atoms with E-state index in [9.17, 15) is 23.1 Å². The molecule has 4 aromatic rings. The summed E-state index contributed by atoms with van der Waals surface area (Å²) in [6.07, 6.45) is 2.94. The number of hydrogen-bond acceptors (Lipinski definition) is 3. The molecule has 8 heteroatoms. The van der Waals surface area contributed by atoms with Crippen LogP contribution in [0.4, 0.5) is 13.2 Å². The second-order valence-corrected chi connectivity index (χ2v) is 6.25. The summed E-state index contributed by atoms with van der Waals surface area (Å²) in [5.74, 6) is -1.87. The van der Waals surface area contributed by atoms with Crippen molar-refractivity contribution in [2.75, 3.05) is 0 Å². The van der Waals surface area contributed by atoms with Crippen LogP contribution in [0.25, 0.3) is 16.8 Å². The van der Waals surface area contributed by atoms with Crippen molar-refractivity contribution in [3.8, 4) is 11.3 Å². The van der Waals surface area contributed by atoms with E-state index in [1.807, 2.05) is 0 Å². The zero-order valence-corrected chi connectivity index (χ0v) is 14.4. The molecule has 0 saturated carbocycles. The number of nitrogens with zero attached hydrogens (tertiary/aromatic N) is 3. The van der Waals surface area contributed by atoms with E-state index in [2.05, 4.69) is 5.10 Å². The fourth-order valence-corrected chi connectivity index (χ4v) is 3.10. The Morgan fingerprint density at radius 2 is 1.68 bits per heavy atom. The lowest BCUT2D eigenvalue weighted by molar-refractivity contribution is 0.283. The summed E-state index contributed by atoms with van der Waals surface area (Å²) in [6.45, 7) is -0.566. The van der Waals surface area contributed by atoms with Gasteiger partial charge in [0.25, 0.3) is 5.56 Å². The molecule has 0 aliphatic rings. The van der Waals surface area contributed by atoms with Crippen LogP contribution in [0.2, 0.25) is 0 Å². The van der Waals surface area contributed by atoms with Gasteiger partial charge < -0.3 is 9.67 Å². The zero-order valence-electron chi connectivity index (χ0n) is 14.4. The van der Waals surface area contributed by atoms with Crippen LogP contribution in [0.15, 0.2) is 59.7 Å². The summed E-state index contributed by atoms with van der Waals surface area (Å²) in [6, 6.07) is 8.67. The first kappa shape index (κ1) is 18.0. The Labute approximate surface area is 156 Å². The average Bonchev–Trinajstić information content (AvgIpc) is 3.06. The number of aromatic nitrogens is 3. The summed E-state index contributed by atoms with van der Waals surface area (Å²) in [4.78, 5) is 12.9. The van der Waals surface area contributed by atoms with Crippen molar-refractivity contribution in [3.05, 3.63) is 93.8 Å². The first-order valence-electron chi connectivity index (χ1n) is 8.39. The standard InChI is InChI=1S/C20H14F3N3O2/c21-14-4-1-12(2-5-14)18-16(11-27)19-20(28)25(7-8-26(19)24-18)10-13-3-6-15(22)9-17(13)23/h1-9,27H,10-11H2. The first-order valence-corrected chi connectivity index (χ1v) is 8.39. The SMILES string of the molecule is O=c1c2c(CO)c(-c3ccc(F)cc3)nn2ccn1Cc1ccc(F)cc1F. The van der Waals surface area contributed by atoms with E-state index < -0.39 is 29.6 Å². The van der Waals surface area contributed by atoms with Gasteiger partial charge in [-0.1, -0.05) is 6.07 Å². The lowest BCUT2D eigenvalue weighted by atomic mass is 10.1. The molecule has 2 aromatic carbocycles. The lowest BCUT2D eigenvalue weighted by Gasteiger charge is -2.08. The minimum atomic E-state index is -0.755. The minimum absolute atomic E-state index is 0.108. The quantitative estimate of drug-likeness (QED) is 0.587. The van der Waals surface area contributed by atoms with E-state index in [1.54, 1.807) is 0 Å². The van der Waals surface area contributed by atoms with Crippen LogP contribution in [0.1, 0.15) is 11.1 Å². The zero-order chi connectivity index (χ0) is 19.8. The molecule has 0 radical (unpaired) electrons. The molecule has 4 rings (SSSR count). The summed E-state index contributed by atoms with van der Waals surface area (Å²) in [5.41, 5.74) is 0.972. The molecule has 0 bridgehead atoms. The predicted molar refractivity (Wildman–Crippen MR) is 96.2 cm³/mol. The van der Waals surface area contributed by atoms with Crippen LogP contribution in [0.5, 0.6) is 0 Å². The van der Waals surface area contributed by atoms with Crippen LogP contribution in [-0.2, 0) is 13.2 Å².